The van der Waals surface area contributed by atoms with Crippen LogP contribution in [0.5, 0.6) is 0 Å². The van der Waals surface area contributed by atoms with Crippen LogP contribution in [-0.2, 0) is 22.8 Å². The van der Waals surface area contributed by atoms with E-state index in [2.05, 4.69) is 20.5 Å². The molecule has 0 fully saturated rings. The van der Waals surface area contributed by atoms with Crippen molar-refractivity contribution in [2.75, 3.05) is 7.05 Å². The van der Waals surface area contributed by atoms with Gasteiger partial charge in [0.1, 0.15) is 5.69 Å². The molecule has 2 heterocycles. The van der Waals surface area contributed by atoms with Gasteiger partial charge in [-0.15, -0.1) is 10.2 Å². The van der Waals surface area contributed by atoms with Gasteiger partial charge >= 0.3 is 0 Å². The van der Waals surface area contributed by atoms with Gasteiger partial charge in [0.25, 0.3) is 5.89 Å². The van der Waals surface area contributed by atoms with E-state index in [4.69, 9.17) is 9.40 Å². The highest BCUT2D eigenvalue weighted by molar-refractivity contribution is 7.92. The molecule has 0 unspecified atom stereocenters. The molecule has 2 aromatic carbocycles. The number of aromatic nitrogens is 4. The summed E-state index contributed by atoms with van der Waals surface area (Å²) in [6, 6.07) is 13.2. The van der Waals surface area contributed by atoms with Gasteiger partial charge in [0.2, 0.25) is 5.89 Å². The fraction of sp³-hybridized carbons (Fsp3) is 0.308. The van der Waals surface area contributed by atoms with E-state index in [-0.39, 0.29) is 8.74 Å². The third-order valence-corrected chi connectivity index (χ3v) is 8.08. The second kappa shape index (κ2) is 10.1. The zero-order chi connectivity index (χ0) is 25.2. The molecule has 0 bridgehead atoms. The maximum Gasteiger partial charge on any atom is 0.268 e. The topological polar surface area (TPSA) is 111 Å². The van der Waals surface area contributed by atoms with Crippen molar-refractivity contribution in [3.05, 3.63) is 65.5 Å². The molecule has 4 aromatic rings. The van der Waals surface area contributed by atoms with Gasteiger partial charge in [0.15, 0.2) is 9.84 Å². The minimum Gasteiger partial charge on any atom is -0.415 e. The highest BCUT2D eigenvalue weighted by atomic mass is 32.2. The van der Waals surface area contributed by atoms with Crippen molar-refractivity contribution in [3.8, 4) is 34.3 Å². The Labute approximate surface area is 208 Å². The predicted molar refractivity (Wildman–Crippen MR) is 140 cm³/mol. The minimum absolute atomic E-state index is 0. The lowest BCUT2D eigenvalue weighted by Gasteiger charge is -2.14. The molecule has 4 rings (SSSR count). The molecule has 0 aliphatic heterocycles. The van der Waals surface area contributed by atoms with E-state index in [0.29, 0.717) is 34.3 Å². The quantitative estimate of drug-likeness (QED) is 0.358. The summed E-state index contributed by atoms with van der Waals surface area (Å²) < 4.78 is 31.5. The van der Waals surface area contributed by atoms with Gasteiger partial charge in [-0.3, -0.25) is 4.98 Å². The summed E-state index contributed by atoms with van der Waals surface area (Å²) in [5, 5.41) is 11.0. The van der Waals surface area contributed by atoms with Crippen LogP contribution in [-0.4, -0.2) is 40.9 Å². The van der Waals surface area contributed by atoms with Crippen LogP contribution < -0.4 is 5.32 Å². The Balaban J connectivity index is 0.00000241. The average Bonchev–Trinajstić information content (AvgIpc) is 3.34. The third kappa shape index (κ3) is 5.01. The maximum absolute atomic E-state index is 12.8. The summed E-state index contributed by atoms with van der Waals surface area (Å²) in [6.07, 6.45) is 2.25. The molecule has 186 valence electrons. The van der Waals surface area contributed by atoms with Gasteiger partial charge in [-0.2, -0.15) is 0 Å². The summed E-state index contributed by atoms with van der Waals surface area (Å²) in [4.78, 5) is 9.59. The van der Waals surface area contributed by atoms with Crippen LogP contribution in [0.15, 0.2) is 58.0 Å². The van der Waals surface area contributed by atoms with Crippen LogP contribution in [0, 0.1) is 6.92 Å². The van der Waals surface area contributed by atoms with Gasteiger partial charge in [-0.1, -0.05) is 25.1 Å². The fourth-order valence-electron chi connectivity index (χ4n) is 3.74. The van der Waals surface area contributed by atoms with Crippen LogP contribution in [0.1, 0.15) is 40.4 Å². The number of nitrogens with one attached hydrogen (secondary N) is 1. The van der Waals surface area contributed by atoms with Crippen LogP contribution in [0.4, 0.5) is 0 Å². The van der Waals surface area contributed by atoms with Crippen LogP contribution in [0.2, 0.25) is 0 Å². The largest absolute Gasteiger partial charge is 0.415 e. The van der Waals surface area contributed by atoms with Gasteiger partial charge in [-0.05, 0) is 69.6 Å². The first-order valence-electron chi connectivity index (χ1n) is 11.5. The summed E-state index contributed by atoms with van der Waals surface area (Å²) in [5.41, 5.74) is 5.25. The second-order valence-electron chi connectivity index (χ2n) is 8.60. The fourth-order valence-corrected chi connectivity index (χ4v) is 5.08. The summed E-state index contributed by atoms with van der Waals surface area (Å²) >= 11 is 0. The molecule has 9 heteroatoms. The molecule has 0 aliphatic carbocycles. The zero-order valence-electron chi connectivity index (χ0n) is 20.5. The highest BCUT2D eigenvalue weighted by Crippen LogP contribution is 2.29. The van der Waals surface area contributed by atoms with Crippen LogP contribution >= 0.6 is 0 Å². The highest BCUT2D eigenvalue weighted by Gasteiger charge is 2.23. The number of nitrogens with zero attached hydrogens (tertiary/aromatic N) is 4. The van der Waals surface area contributed by atoms with Crippen molar-refractivity contribution in [1.82, 2.24) is 25.5 Å². The van der Waals surface area contributed by atoms with E-state index in [1.165, 1.54) is 0 Å². The van der Waals surface area contributed by atoms with Crippen molar-refractivity contribution in [1.29, 1.82) is 0 Å². The molecule has 0 spiro atoms. The molecular weight excluding hydrogens is 462 g/mol. The molecule has 0 saturated carbocycles. The Hall–Kier alpha value is -3.43. The van der Waals surface area contributed by atoms with E-state index in [9.17, 15) is 8.42 Å². The Bertz CT molecular complexity index is 1460. The van der Waals surface area contributed by atoms with E-state index in [1.54, 1.807) is 32.2 Å². The molecule has 0 radical (unpaired) electrons. The maximum atomic E-state index is 12.8. The van der Waals surface area contributed by atoms with Crippen molar-refractivity contribution in [3.63, 3.8) is 0 Å². The molecule has 1 N–H and O–H groups in total. The number of hydrogen-bond acceptors (Lipinski definition) is 8. The minimum atomic E-state index is -3.38. The number of aryl methyl sites for hydroxylation is 2. The predicted octanol–water partition coefficient (Wildman–Crippen LogP) is 5.12. The third-order valence-electron chi connectivity index (χ3n) is 5.83. The summed E-state index contributed by atoms with van der Waals surface area (Å²) in [6.45, 7) is 7.93. The number of sulfone groups is 1. The molecule has 8 nitrogen and oxygen atoms in total. The summed E-state index contributed by atoms with van der Waals surface area (Å²) in [7, 11) is -1.48. The van der Waals surface area contributed by atoms with Crippen molar-refractivity contribution < 1.29 is 15.7 Å². The molecule has 0 atom stereocenters. The van der Waals surface area contributed by atoms with Gasteiger partial charge < -0.3 is 9.73 Å². The summed E-state index contributed by atoms with van der Waals surface area (Å²) in [5.74, 6) is 0.681. The second-order valence-corrected chi connectivity index (χ2v) is 11.1. The van der Waals surface area contributed by atoms with Crippen LogP contribution in [0.25, 0.3) is 34.3 Å². The molecule has 2 aromatic heterocycles. The van der Waals surface area contributed by atoms with E-state index < -0.39 is 15.1 Å². The monoisotopic (exact) mass is 495 g/mol. The first-order chi connectivity index (χ1) is 16.7. The van der Waals surface area contributed by atoms with Gasteiger partial charge in [-0.25, -0.2) is 13.4 Å². The molecule has 0 aliphatic rings. The lowest BCUT2D eigenvalue weighted by atomic mass is 10.1. The number of benzene rings is 2. The zero-order valence-corrected chi connectivity index (χ0v) is 21.3. The Morgan fingerprint density at radius 3 is 2.37 bits per heavy atom. The Morgan fingerprint density at radius 1 is 1.03 bits per heavy atom. The smallest absolute Gasteiger partial charge is 0.268 e. The standard InChI is InChI=1S/C26H29N5O3S.2H2/c1-6-19-13-21(11-12-23(19)35(32,33)16(2)3)22-15-28-17(4)24(29-22)26-31-30-25(34-26)20-9-7-18(8-10-20)14-27-5;;/h7-13,15-16,27H,6,14H2,1-5H3;2*1H. The number of rotatable bonds is 8. The number of hydrogen-bond donors (Lipinski definition) is 1. The lowest BCUT2D eigenvalue weighted by molar-refractivity contribution is 0.581. The lowest BCUT2D eigenvalue weighted by Crippen LogP contribution is -2.16. The van der Waals surface area contributed by atoms with Crippen molar-refractivity contribution in [2.45, 2.75) is 50.8 Å². The molecule has 0 saturated heterocycles. The SMILES string of the molecule is CCc1cc(-c2cnc(C)c(-c3nnc(-c4ccc(CNC)cc4)o3)n2)ccc1S(=O)(=O)C(C)C.[HH].[HH]. The van der Waals surface area contributed by atoms with Crippen molar-refractivity contribution in [2.24, 2.45) is 0 Å². The van der Waals surface area contributed by atoms with E-state index in [0.717, 1.165) is 28.8 Å². The van der Waals surface area contributed by atoms with E-state index >= 15 is 0 Å². The average molecular weight is 496 g/mol. The van der Waals surface area contributed by atoms with Gasteiger partial charge in [0, 0.05) is 20.5 Å². The molecule has 35 heavy (non-hydrogen) atoms. The normalized spacial score (nSPS) is 11.8. The molecule has 0 amide bonds. The Morgan fingerprint density at radius 2 is 1.71 bits per heavy atom. The van der Waals surface area contributed by atoms with Crippen LogP contribution in [0.3, 0.4) is 0 Å². The first kappa shape index (κ1) is 24.7. The molecular formula is C26H33N5O3S. The Kier molecular flexibility index (Phi) is 7.09. The van der Waals surface area contributed by atoms with Gasteiger partial charge in [0.05, 0.1) is 27.7 Å². The van der Waals surface area contributed by atoms with E-state index in [1.807, 2.05) is 51.2 Å². The van der Waals surface area contributed by atoms with Crippen molar-refractivity contribution >= 4 is 9.84 Å². The first-order valence-corrected chi connectivity index (χ1v) is 13.1.